The number of benzene rings is 1. The predicted octanol–water partition coefficient (Wildman–Crippen LogP) is 2.11. The fourth-order valence-electron chi connectivity index (χ4n) is 1.79. The molecule has 1 aromatic carbocycles. The van der Waals surface area contributed by atoms with Crippen LogP contribution in [0.25, 0.3) is 0 Å². The van der Waals surface area contributed by atoms with E-state index in [0.717, 1.165) is 11.3 Å². The van der Waals surface area contributed by atoms with Crippen LogP contribution >= 0.6 is 11.8 Å². The minimum absolute atomic E-state index is 0.298. The lowest BCUT2D eigenvalue weighted by atomic mass is 10.1. The van der Waals surface area contributed by atoms with Crippen LogP contribution in [0.1, 0.15) is 19.4 Å². The zero-order valence-corrected chi connectivity index (χ0v) is 13.3. The van der Waals surface area contributed by atoms with Gasteiger partial charge in [0, 0.05) is 12.2 Å². The number of sulfonamides is 1. The highest BCUT2D eigenvalue weighted by molar-refractivity contribution is 7.98. The Morgan fingerprint density at radius 2 is 2.11 bits per heavy atom. The average Bonchev–Trinajstić information content (AvgIpc) is 2.37. The molecule has 6 heteroatoms. The van der Waals surface area contributed by atoms with Gasteiger partial charge in [0.15, 0.2) is 0 Å². The predicted molar refractivity (Wildman–Crippen MR) is 83.0 cm³/mol. The van der Waals surface area contributed by atoms with Gasteiger partial charge in [-0.3, -0.25) is 0 Å². The van der Waals surface area contributed by atoms with Gasteiger partial charge < -0.3 is 5.73 Å². The Bertz CT molecular complexity index is 515. The van der Waals surface area contributed by atoms with Crippen molar-refractivity contribution in [2.24, 2.45) is 5.92 Å². The van der Waals surface area contributed by atoms with Gasteiger partial charge in [-0.1, -0.05) is 19.9 Å². The molecule has 0 aliphatic rings. The van der Waals surface area contributed by atoms with Crippen LogP contribution in [0.5, 0.6) is 0 Å². The normalized spacial score (nSPS) is 13.4. The van der Waals surface area contributed by atoms with Crippen molar-refractivity contribution in [2.75, 3.05) is 24.3 Å². The van der Waals surface area contributed by atoms with Crippen molar-refractivity contribution in [3.05, 3.63) is 23.8 Å². The van der Waals surface area contributed by atoms with Gasteiger partial charge in [-0.05, 0) is 42.0 Å². The van der Waals surface area contributed by atoms with Crippen LogP contribution in [-0.2, 0) is 16.4 Å². The molecule has 0 radical (unpaired) electrons. The van der Waals surface area contributed by atoms with Crippen LogP contribution in [0.4, 0.5) is 5.69 Å². The molecule has 19 heavy (non-hydrogen) atoms. The van der Waals surface area contributed by atoms with Gasteiger partial charge in [-0.15, -0.1) is 0 Å². The molecule has 108 valence electrons. The molecular formula is C13H22N2O2S2. The second kappa shape index (κ2) is 7.17. The molecule has 1 rings (SSSR count). The Balaban J connectivity index is 2.91. The quantitative estimate of drug-likeness (QED) is 0.757. The van der Waals surface area contributed by atoms with Crippen molar-refractivity contribution < 1.29 is 8.42 Å². The summed E-state index contributed by atoms with van der Waals surface area (Å²) in [6, 6.07) is 5.03. The Morgan fingerprint density at radius 3 is 2.68 bits per heavy atom. The Hall–Kier alpha value is -0.720. The monoisotopic (exact) mass is 302 g/mol. The van der Waals surface area contributed by atoms with Crippen molar-refractivity contribution in [3.8, 4) is 0 Å². The third kappa shape index (κ3) is 4.71. The van der Waals surface area contributed by atoms with Crippen molar-refractivity contribution in [1.82, 2.24) is 4.72 Å². The molecular weight excluding hydrogens is 280 g/mol. The van der Waals surface area contributed by atoms with Crippen LogP contribution in [0.15, 0.2) is 23.1 Å². The molecule has 1 aromatic rings. The minimum atomic E-state index is -3.48. The summed E-state index contributed by atoms with van der Waals surface area (Å²) in [6.45, 7) is 4.40. The molecule has 0 heterocycles. The van der Waals surface area contributed by atoms with Gasteiger partial charge in [0.25, 0.3) is 0 Å². The molecule has 1 unspecified atom stereocenters. The first-order valence-electron chi connectivity index (χ1n) is 6.27. The Kier molecular flexibility index (Phi) is 6.16. The van der Waals surface area contributed by atoms with Gasteiger partial charge in [-0.2, -0.15) is 11.8 Å². The summed E-state index contributed by atoms with van der Waals surface area (Å²) in [5.41, 5.74) is 6.95. The minimum Gasteiger partial charge on any atom is -0.399 e. The summed E-state index contributed by atoms with van der Waals surface area (Å²) < 4.78 is 27.3. The first kappa shape index (κ1) is 16.3. The van der Waals surface area contributed by atoms with E-state index in [1.807, 2.05) is 20.1 Å². The van der Waals surface area contributed by atoms with Crippen LogP contribution in [0.3, 0.4) is 0 Å². The molecule has 0 saturated heterocycles. The van der Waals surface area contributed by atoms with E-state index in [1.165, 1.54) is 6.07 Å². The molecule has 3 N–H and O–H groups in total. The summed E-state index contributed by atoms with van der Waals surface area (Å²) in [5.74, 6) is 1.23. The van der Waals surface area contributed by atoms with Gasteiger partial charge >= 0.3 is 0 Å². The van der Waals surface area contributed by atoms with E-state index in [1.54, 1.807) is 23.9 Å². The smallest absolute Gasteiger partial charge is 0.240 e. The molecule has 0 aliphatic heterocycles. The maximum Gasteiger partial charge on any atom is 0.240 e. The maximum atomic E-state index is 12.3. The standard InChI is InChI=1S/C13H22N2O2S2/c1-4-11-5-6-12(14)7-13(11)19(16,17)15-8-10(2)9-18-3/h5-7,10,15H,4,8-9,14H2,1-3H3. The fraction of sp³-hybridized carbons (Fsp3) is 0.538. The zero-order valence-electron chi connectivity index (χ0n) is 11.6. The zero-order chi connectivity index (χ0) is 14.5. The van der Waals surface area contributed by atoms with Gasteiger partial charge in [0.2, 0.25) is 10.0 Å². The third-order valence-electron chi connectivity index (χ3n) is 2.83. The summed E-state index contributed by atoms with van der Waals surface area (Å²) >= 11 is 1.71. The molecule has 0 spiro atoms. The van der Waals surface area contributed by atoms with Crippen LogP contribution in [-0.4, -0.2) is 27.0 Å². The molecule has 0 fully saturated rings. The highest BCUT2D eigenvalue weighted by Gasteiger charge is 2.18. The highest BCUT2D eigenvalue weighted by Crippen LogP contribution is 2.19. The summed E-state index contributed by atoms with van der Waals surface area (Å²) in [6.07, 6.45) is 2.68. The van der Waals surface area contributed by atoms with E-state index >= 15 is 0 Å². The third-order valence-corrected chi connectivity index (χ3v) is 5.24. The van der Waals surface area contributed by atoms with Gasteiger partial charge in [0.05, 0.1) is 4.90 Å². The van der Waals surface area contributed by atoms with Crippen molar-refractivity contribution >= 4 is 27.5 Å². The molecule has 0 aliphatic carbocycles. The maximum absolute atomic E-state index is 12.3. The molecule has 0 bridgehead atoms. The van der Waals surface area contributed by atoms with E-state index in [0.29, 0.717) is 29.5 Å². The molecule has 0 saturated carbocycles. The molecule has 4 nitrogen and oxygen atoms in total. The van der Waals surface area contributed by atoms with Crippen LogP contribution < -0.4 is 10.5 Å². The summed E-state index contributed by atoms with van der Waals surface area (Å²) in [4.78, 5) is 0.298. The topological polar surface area (TPSA) is 72.2 Å². The Labute approximate surface area is 120 Å². The number of aryl methyl sites for hydroxylation is 1. The van der Waals surface area contributed by atoms with Crippen molar-refractivity contribution in [1.29, 1.82) is 0 Å². The molecule has 0 amide bonds. The van der Waals surface area contributed by atoms with Crippen LogP contribution in [0, 0.1) is 5.92 Å². The second-order valence-corrected chi connectivity index (χ2v) is 7.28. The fourth-order valence-corrected chi connectivity index (χ4v) is 3.98. The summed E-state index contributed by atoms with van der Waals surface area (Å²) in [7, 11) is -3.48. The summed E-state index contributed by atoms with van der Waals surface area (Å²) in [5, 5.41) is 0. The van der Waals surface area contributed by atoms with E-state index in [2.05, 4.69) is 4.72 Å². The van der Waals surface area contributed by atoms with E-state index in [4.69, 9.17) is 5.73 Å². The van der Waals surface area contributed by atoms with E-state index in [9.17, 15) is 8.42 Å². The number of nitrogens with two attached hydrogens (primary N) is 1. The number of nitrogens with one attached hydrogen (secondary N) is 1. The highest BCUT2D eigenvalue weighted by atomic mass is 32.2. The number of rotatable bonds is 7. The molecule has 1 atom stereocenters. The number of nitrogen functional groups attached to an aromatic ring is 1. The second-order valence-electron chi connectivity index (χ2n) is 4.63. The lowest BCUT2D eigenvalue weighted by molar-refractivity contribution is 0.562. The van der Waals surface area contributed by atoms with Gasteiger partial charge in [0.1, 0.15) is 0 Å². The van der Waals surface area contributed by atoms with Gasteiger partial charge in [-0.25, -0.2) is 13.1 Å². The number of anilines is 1. The lowest BCUT2D eigenvalue weighted by Crippen LogP contribution is -2.30. The Morgan fingerprint density at radius 1 is 1.42 bits per heavy atom. The number of hydrogen-bond donors (Lipinski definition) is 2. The first-order chi connectivity index (χ1) is 8.90. The van der Waals surface area contributed by atoms with E-state index in [-0.39, 0.29) is 0 Å². The van der Waals surface area contributed by atoms with Crippen molar-refractivity contribution in [3.63, 3.8) is 0 Å². The number of thioether (sulfide) groups is 1. The largest absolute Gasteiger partial charge is 0.399 e. The van der Waals surface area contributed by atoms with Crippen molar-refractivity contribution in [2.45, 2.75) is 25.2 Å². The lowest BCUT2D eigenvalue weighted by Gasteiger charge is -2.14. The molecule has 0 aromatic heterocycles. The van der Waals surface area contributed by atoms with E-state index < -0.39 is 10.0 Å². The van der Waals surface area contributed by atoms with Crippen LogP contribution in [0.2, 0.25) is 0 Å². The first-order valence-corrected chi connectivity index (χ1v) is 9.15. The average molecular weight is 302 g/mol. The SMILES string of the molecule is CCc1ccc(N)cc1S(=O)(=O)NCC(C)CSC. The number of hydrogen-bond acceptors (Lipinski definition) is 4.